The zero-order chi connectivity index (χ0) is 24.1. The SMILES string of the molecule is CCOC(=O)C1CCN(CC(=O)N2N=C(c3ccccc3Cl)CC2c2ccccc2OC)CC1. The Morgan fingerprint density at radius 2 is 1.79 bits per heavy atom. The summed E-state index contributed by atoms with van der Waals surface area (Å²) in [5.41, 5.74) is 2.51. The molecule has 1 atom stereocenters. The van der Waals surface area contributed by atoms with Crippen molar-refractivity contribution in [1.82, 2.24) is 9.91 Å². The molecule has 2 aromatic rings. The molecule has 7 nitrogen and oxygen atoms in total. The number of hydrazone groups is 1. The monoisotopic (exact) mass is 483 g/mol. The van der Waals surface area contributed by atoms with Crippen molar-refractivity contribution in [2.24, 2.45) is 11.0 Å². The molecular weight excluding hydrogens is 454 g/mol. The molecule has 0 bridgehead atoms. The van der Waals surface area contributed by atoms with Crippen molar-refractivity contribution < 1.29 is 19.1 Å². The van der Waals surface area contributed by atoms with Gasteiger partial charge in [-0.2, -0.15) is 5.10 Å². The summed E-state index contributed by atoms with van der Waals surface area (Å²) in [6.45, 7) is 3.79. The number of halogens is 1. The number of carbonyl (C=O) groups excluding carboxylic acids is 2. The Labute approximate surface area is 205 Å². The molecule has 1 unspecified atom stereocenters. The molecule has 2 heterocycles. The van der Waals surface area contributed by atoms with Gasteiger partial charge in [0.25, 0.3) is 5.91 Å². The molecule has 34 heavy (non-hydrogen) atoms. The van der Waals surface area contributed by atoms with Gasteiger partial charge in [0.15, 0.2) is 0 Å². The second-order valence-electron chi connectivity index (χ2n) is 8.53. The first-order valence-corrected chi connectivity index (χ1v) is 12.1. The van der Waals surface area contributed by atoms with Crippen LogP contribution in [-0.4, -0.2) is 60.8 Å². The Hall–Kier alpha value is -2.90. The molecule has 2 aliphatic heterocycles. The maximum Gasteiger partial charge on any atom is 0.309 e. The van der Waals surface area contributed by atoms with Gasteiger partial charge in [-0.25, -0.2) is 5.01 Å². The number of hydrogen-bond acceptors (Lipinski definition) is 6. The summed E-state index contributed by atoms with van der Waals surface area (Å²) in [5.74, 6) is 0.395. The lowest BCUT2D eigenvalue weighted by Crippen LogP contribution is -2.43. The predicted molar refractivity (Wildman–Crippen MR) is 131 cm³/mol. The number of likely N-dealkylation sites (tertiary alicyclic amines) is 1. The quantitative estimate of drug-likeness (QED) is 0.549. The van der Waals surface area contributed by atoms with Gasteiger partial charge in [-0.05, 0) is 45.0 Å². The molecule has 0 saturated carbocycles. The van der Waals surface area contributed by atoms with Crippen LogP contribution in [-0.2, 0) is 14.3 Å². The van der Waals surface area contributed by atoms with Gasteiger partial charge >= 0.3 is 5.97 Å². The third-order valence-corrected chi connectivity index (χ3v) is 6.74. The summed E-state index contributed by atoms with van der Waals surface area (Å²) in [7, 11) is 1.63. The van der Waals surface area contributed by atoms with Crippen LogP contribution < -0.4 is 4.74 Å². The molecule has 180 valence electrons. The van der Waals surface area contributed by atoms with Gasteiger partial charge in [0.2, 0.25) is 0 Å². The summed E-state index contributed by atoms with van der Waals surface area (Å²) >= 11 is 6.45. The number of carbonyl (C=O) groups is 2. The van der Waals surface area contributed by atoms with Crippen LogP contribution in [0.3, 0.4) is 0 Å². The second kappa shape index (κ2) is 11.0. The number of piperidine rings is 1. The third-order valence-electron chi connectivity index (χ3n) is 6.41. The number of amides is 1. The van der Waals surface area contributed by atoms with Gasteiger partial charge in [-0.15, -0.1) is 0 Å². The van der Waals surface area contributed by atoms with Crippen molar-refractivity contribution in [3.63, 3.8) is 0 Å². The molecule has 4 rings (SSSR count). The van der Waals surface area contributed by atoms with Crippen LogP contribution in [0.1, 0.15) is 43.4 Å². The zero-order valence-electron chi connectivity index (χ0n) is 19.6. The Balaban J connectivity index is 1.53. The van der Waals surface area contributed by atoms with Crippen LogP contribution in [0, 0.1) is 5.92 Å². The van der Waals surface area contributed by atoms with Gasteiger partial charge in [-0.1, -0.05) is 48.0 Å². The Morgan fingerprint density at radius 1 is 1.09 bits per heavy atom. The minimum atomic E-state index is -0.285. The Bertz CT molecular complexity index is 1070. The first kappa shape index (κ1) is 24.2. The number of methoxy groups -OCH3 is 1. The molecule has 1 fully saturated rings. The molecule has 2 aliphatic rings. The van der Waals surface area contributed by atoms with Crippen LogP contribution in [0.4, 0.5) is 0 Å². The van der Waals surface area contributed by atoms with E-state index < -0.39 is 0 Å². The highest BCUT2D eigenvalue weighted by Crippen LogP contribution is 2.38. The molecular formula is C26H30ClN3O4. The van der Waals surface area contributed by atoms with Gasteiger partial charge in [0, 0.05) is 22.6 Å². The third kappa shape index (κ3) is 5.26. The topological polar surface area (TPSA) is 71.4 Å². The maximum atomic E-state index is 13.5. The molecule has 0 aromatic heterocycles. The molecule has 1 amide bonds. The fourth-order valence-corrected chi connectivity index (χ4v) is 4.88. The number of rotatable bonds is 7. The van der Waals surface area contributed by atoms with E-state index in [2.05, 4.69) is 4.90 Å². The molecule has 0 N–H and O–H groups in total. The van der Waals surface area contributed by atoms with E-state index in [1.807, 2.05) is 55.5 Å². The summed E-state index contributed by atoms with van der Waals surface area (Å²) in [6, 6.07) is 15.0. The van der Waals surface area contributed by atoms with E-state index >= 15 is 0 Å². The van der Waals surface area contributed by atoms with E-state index in [9.17, 15) is 9.59 Å². The second-order valence-corrected chi connectivity index (χ2v) is 8.94. The minimum absolute atomic E-state index is 0.0902. The average molecular weight is 484 g/mol. The van der Waals surface area contributed by atoms with E-state index in [4.69, 9.17) is 26.2 Å². The van der Waals surface area contributed by atoms with E-state index in [0.717, 1.165) is 22.6 Å². The highest BCUT2D eigenvalue weighted by molar-refractivity contribution is 6.34. The van der Waals surface area contributed by atoms with Crippen LogP contribution in [0.2, 0.25) is 5.02 Å². The van der Waals surface area contributed by atoms with Crippen LogP contribution in [0.15, 0.2) is 53.6 Å². The Kier molecular flexibility index (Phi) is 7.85. The molecule has 0 spiro atoms. The lowest BCUT2D eigenvalue weighted by Gasteiger charge is -2.32. The van der Waals surface area contributed by atoms with Crippen molar-refractivity contribution in [2.45, 2.75) is 32.2 Å². The molecule has 8 heteroatoms. The average Bonchev–Trinajstić information content (AvgIpc) is 3.30. The van der Waals surface area contributed by atoms with Gasteiger partial charge in [0.1, 0.15) is 5.75 Å². The largest absolute Gasteiger partial charge is 0.496 e. The highest BCUT2D eigenvalue weighted by Gasteiger charge is 2.36. The predicted octanol–water partition coefficient (Wildman–Crippen LogP) is 4.30. The van der Waals surface area contributed by atoms with E-state index in [1.54, 1.807) is 12.1 Å². The summed E-state index contributed by atoms with van der Waals surface area (Å²) in [6.07, 6.45) is 1.92. The summed E-state index contributed by atoms with van der Waals surface area (Å²) in [4.78, 5) is 27.6. The lowest BCUT2D eigenvalue weighted by atomic mass is 9.96. The van der Waals surface area contributed by atoms with Crippen LogP contribution in [0.25, 0.3) is 0 Å². The van der Waals surface area contributed by atoms with Crippen LogP contribution in [0.5, 0.6) is 5.75 Å². The first-order valence-electron chi connectivity index (χ1n) is 11.7. The summed E-state index contributed by atoms with van der Waals surface area (Å²) in [5, 5.41) is 6.93. The maximum absolute atomic E-state index is 13.5. The normalized spacial score (nSPS) is 19.1. The molecule has 0 radical (unpaired) electrons. The highest BCUT2D eigenvalue weighted by atomic mass is 35.5. The number of benzene rings is 2. The number of para-hydroxylation sites is 1. The van der Waals surface area contributed by atoms with Crippen molar-refractivity contribution in [2.75, 3.05) is 33.4 Å². The number of ether oxygens (including phenoxy) is 2. The number of esters is 1. The fraction of sp³-hybridized carbons (Fsp3) is 0.423. The minimum Gasteiger partial charge on any atom is -0.496 e. The zero-order valence-corrected chi connectivity index (χ0v) is 20.3. The van der Waals surface area contributed by atoms with Crippen molar-refractivity contribution in [3.8, 4) is 5.75 Å². The number of nitrogens with zero attached hydrogens (tertiary/aromatic N) is 3. The standard InChI is InChI=1S/C26H30ClN3O4/c1-3-34-26(32)18-12-14-29(15-13-18)17-25(31)30-23(20-9-5-7-11-24(20)33-2)16-22(28-30)19-8-4-6-10-21(19)27/h4-11,18,23H,3,12-17H2,1-2H3. The van der Waals surface area contributed by atoms with Gasteiger partial charge in [0.05, 0.1) is 37.9 Å². The van der Waals surface area contributed by atoms with Crippen LogP contribution >= 0.6 is 11.6 Å². The summed E-state index contributed by atoms with van der Waals surface area (Å²) < 4.78 is 10.7. The molecule has 0 aliphatic carbocycles. The Morgan fingerprint density at radius 3 is 2.50 bits per heavy atom. The first-order chi connectivity index (χ1) is 16.5. The van der Waals surface area contributed by atoms with Crippen molar-refractivity contribution in [3.05, 3.63) is 64.7 Å². The molecule has 1 saturated heterocycles. The van der Waals surface area contributed by atoms with Crippen molar-refractivity contribution >= 4 is 29.2 Å². The van der Waals surface area contributed by atoms with Gasteiger partial charge < -0.3 is 9.47 Å². The van der Waals surface area contributed by atoms with E-state index in [0.29, 0.717) is 44.0 Å². The number of hydrogen-bond donors (Lipinski definition) is 0. The van der Waals surface area contributed by atoms with E-state index in [1.165, 1.54) is 0 Å². The van der Waals surface area contributed by atoms with Gasteiger partial charge in [-0.3, -0.25) is 14.5 Å². The molecule has 2 aromatic carbocycles. The smallest absolute Gasteiger partial charge is 0.309 e. The lowest BCUT2D eigenvalue weighted by molar-refractivity contribution is -0.149. The van der Waals surface area contributed by atoms with Crippen molar-refractivity contribution in [1.29, 1.82) is 0 Å². The fourth-order valence-electron chi connectivity index (χ4n) is 4.63. The van der Waals surface area contributed by atoms with E-state index in [-0.39, 0.29) is 30.4 Å².